The topological polar surface area (TPSA) is 63.1 Å². The molecule has 0 aromatic carbocycles. The van der Waals surface area contributed by atoms with Crippen LogP contribution in [0.2, 0.25) is 0 Å². The molecule has 0 bridgehead atoms. The summed E-state index contributed by atoms with van der Waals surface area (Å²) in [5, 5.41) is 7.24. The number of rotatable bonds is 6. The van der Waals surface area contributed by atoms with Gasteiger partial charge in [-0.25, -0.2) is 9.67 Å². The first kappa shape index (κ1) is 12.6. The van der Waals surface area contributed by atoms with Crippen molar-refractivity contribution in [2.75, 3.05) is 20.6 Å². The van der Waals surface area contributed by atoms with E-state index < -0.39 is 0 Å². The summed E-state index contributed by atoms with van der Waals surface area (Å²) in [6.07, 6.45) is 2.05. The Morgan fingerprint density at radius 2 is 2.31 bits per heavy atom. The van der Waals surface area contributed by atoms with E-state index in [9.17, 15) is 4.79 Å². The van der Waals surface area contributed by atoms with Crippen molar-refractivity contribution >= 4 is 5.91 Å². The maximum absolute atomic E-state index is 11.3. The summed E-state index contributed by atoms with van der Waals surface area (Å²) in [5.74, 6) is 1.03. The molecule has 0 fully saturated rings. The summed E-state index contributed by atoms with van der Waals surface area (Å²) in [5.41, 5.74) is 0. The SMILES string of the molecule is CCn1ncnc1CNCCC(=O)N(C)C. The van der Waals surface area contributed by atoms with Crippen molar-refractivity contribution in [2.24, 2.45) is 0 Å². The highest BCUT2D eigenvalue weighted by atomic mass is 16.2. The Morgan fingerprint density at radius 1 is 1.56 bits per heavy atom. The highest BCUT2D eigenvalue weighted by Gasteiger charge is 2.04. The molecule has 1 rings (SSSR count). The van der Waals surface area contributed by atoms with Gasteiger partial charge in [0.2, 0.25) is 5.91 Å². The first-order chi connectivity index (χ1) is 7.65. The third-order valence-electron chi connectivity index (χ3n) is 2.29. The molecule has 0 aliphatic carbocycles. The summed E-state index contributed by atoms with van der Waals surface area (Å²) in [6.45, 7) is 4.14. The Labute approximate surface area is 95.6 Å². The highest BCUT2D eigenvalue weighted by Crippen LogP contribution is 1.93. The molecular weight excluding hydrogens is 206 g/mol. The zero-order valence-corrected chi connectivity index (χ0v) is 10.1. The van der Waals surface area contributed by atoms with Gasteiger partial charge in [-0.15, -0.1) is 0 Å². The predicted molar refractivity (Wildman–Crippen MR) is 60.7 cm³/mol. The van der Waals surface area contributed by atoms with E-state index in [-0.39, 0.29) is 5.91 Å². The number of aromatic nitrogens is 3. The molecule has 0 aliphatic rings. The first-order valence-electron chi connectivity index (χ1n) is 5.42. The minimum Gasteiger partial charge on any atom is -0.349 e. The molecule has 0 saturated heterocycles. The molecule has 0 spiro atoms. The fourth-order valence-electron chi connectivity index (χ4n) is 1.31. The van der Waals surface area contributed by atoms with E-state index in [1.54, 1.807) is 25.3 Å². The average Bonchev–Trinajstić information content (AvgIpc) is 2.71. The van der Waals surface area contributed by atoms with E-state index >= 15 is 0 Å². The van der Waals surface area contributed by atoms with Crippen LogP contribution in [0.1, 0.15) is 19.2 Å². The number of hydrogen-bond acceptors (Lipinski definition) is 4. The molecule has 0 radical (unpaired) electrons. The predicted octanol–water partition coefficient (Wildman–Crippen LogP) is -0.134. The van der Waals surface area contributed by atoms with Crippen LogP contribution in [0.3, 0.4) is 0 Å². The second-order valence-electron chi connectivity index (χ2n) is 3.71. The number of carbonyl (C=O) groups is 1. The van der Waals surface area contributed by atoms with Gasteiger partial charge in [0, 0.05) is 33.6 Å². The fourth-order valence-corrected chi connectivity index (χ4v) is 1.31. The van der Waals surface area contributed by atoms with Crippen molar-refractivity contribution in [2.45, 2.75) is 26.4 Å². The Morgan fingerprint density at radius 3 is 2.94 bits per heavy atom. The van der Waals surface area contributed by atoms with E-state index in [0.717, 1.165) is 12.4 Å². The largest absolute Gasteiger partial charge is 0.349 e. The van der Waals surface area contributed by atoms with Gasteiger partial charge in [-0.1, -0.05) is 0 Å². The van der Waals surface area contributed by atoms with Crippen LogP contribution in [0.25, 0.3) is 0 Å². The van der Waals surface area contributed by atoms with Gasteiger partial charge in [-0.05, 0) is 6.92 Å². The second kappa shape index (κ2) is 6.22. The average molecular weight is 225 g/mol. The summed E-state index contributed by atoms with van der Waals surface area (Å²) in [7, 11) is 3.52. The molecule has 0 atom stereocenters. The van der Waals surface area contributed by atoms with Crippen molar-refractivity contribution in [1.29, 1.82) is 0 Å². The van der Waals surface area contributed by atoms with Crippen LogP contribution in [-0.2, 0) is 17.9 Å². The number of nitrogens with one attached hydrogen (secondary N) is 1. The fraction of sp³-hybridized carbons (Fsp3) is 0.700. The number of amides is 1. The van der Waals surface area contributed by atoms with Crippen LogP contribution < -0.4 is 5.32 Å². The van der Waals surface area contributed by atoms with E-state index in [0.29, 0.717) is 19.5 Å². The normalized spacial score (nSPS) is 10.4. The van der Waals surface area contributed by atoms with Crippen molar-refractivity contribution in [3.05, 3.63) is 12.2 Å². The zero-order valence-electron chi connectivity index (χ0n) is 10.1. The minimum absolute atomic E-state index is 0.129. The van der Waals surface area contributed by atoms with Gasteiger partial charge < -0.3 is 10.2 Å². The standard InChI is InChI=1S/C10H19N5O/c1-4-15-9(12-8-13-15)7-11-6-5-10(16)14(2)3/h8,11H,4-7H2,1-3H3. The van der Waals surface area contributed by atoms with Gasteiger partial charge in [0.25, 0.3) is 0 Å². The molecule has 90 valence electrons. The van der Waals surface area contributed by atoms with Crippen molar-refractivity contribution in [3.8, 4) is 0 Å². The Bertz CT molecular complexity index is 334. The zero-order chi connectivity index (χ0) is 12.0. The molecule has 0 aliphatic heterocycles. The lowest BCUT2D eigenvalue weighted by molar-refractivity contribution is -0.128. The van der Waals surface area contributed by atoms with E-state index in [1.807, 2.05) is 11.6 Å². The van der Waals surface area contributed by atoms with Crippen LogP contribution in [-0.4, -0.2) is 46.2 Å². The van der Waals surface area contributed by atoms with Crippen LogP contribution in [0, 0.1) is 0 Å². The smallest absolute Gasteiger partial charge is 0.223 e. The van der Waals surface area contributed by atoms with E-state index in [2.05, 4.69) is 15.4 Å². The van der Waals surface area contributed by atoms with Crippen molar-refractivity contribution in [1.82, 2.24) is 25.0 Å². The number of carbonyl (C=O) groups excluding carboxylic acids is 1. The van der Waals surface area contributed by atoms with Gasteiger partial charge in [0.1, 0.15) is 12.2 Å². The first-order valence-corrected chi connectivity index (χ1v) is 5.42. The van der Waals surface area contributed by atoms with Gasteiger partial charge >= 0.3 is 0 Å². The summed E-state index contributed by atoms with van der Waals surface area (Å²) in [4.78, 5) is 17.0. The molecule has 1 N–H and O–H groups in total. The Hall–Kier alpha value is -1.43. The van der Waals surface area contributed by atoms with Gasteiger partial charge in [0.05, 0.1) is 6.54 Å². The highest BCUT2D eigenvalue weighted by molar-refractivity contribution is 5.75. The van der Waals surface area contributed by atoms with Crippen LogP contribution >= 0.6 is 0 Å². The monoisotopic (exact) mass is 225 g/mol. The summed E-state index contributed by atoms with van der Waals surface area (Å²) < 4.78 is 1.83. The van der Waals surface area contributed by atoms with Crippen molar-refractivity contribution < 1.29 is 4.79 Å². The lowest BCUT2D eigenvalue weighted by Gasteiger charge is -2.10. The minimum atomic E-state index is 0.129. The summed E-state index contributed by atoms with van der Waals surface area (Å²) >= 11 is 0. The van der Waals surface area contributed by atoms with Crippen molar-refractivity contribution in [3.63, 3.8) is 0 Å². The number of hydrogen-bond donors (Lipinski definition) is 1. The van der Waals surface area contributed by atoms with Gasteiger partial charge in [-0.3, -0.25) is 4.79 Å². The maximum Gasteiger partial charge on any atom is 0.223 e. The molecule has 6 heteroatoms. The van der Waals surface area contributed by atoms with Crippen LogP contribution in [0.15, 0.2) is 6.33 Å². The lowest BCUT2D eigenvalue weighted by Crippen LogP contribution is -2.27. The second-order valence-corrected chi connectivity index (χ2v) is 3.71. The lowest BCUT2D eigenvalue weighted by atomic mass is 10.4. The molecule has 1 amide bonds. The third-order valence-corrected chi connectivity index (χ3v) is 2.29. The van der Waals surface area contributed by atoms with Gasteiger partial charge in [-0.2, -0.15) is 5.10 Å². The third kappa shape index (κ3) is 3.62. The quantitative estimate of drug-likeness (QED) is 0.685. The molecule has 1 heterocycles. The molecule has 1 aromatic rings. The number of nitrogens with zero attached hydrogens (tertiary/aromatic N) is 4. The molecular formula is C10H19N5O. The molecule has 1 aromatic heterocycles. The molecule has 6 nitrogen and oxygen atoms in total. The Balaban J connectivity index is 2.23. The Kier molecular flexibility index (Phi) is 4.91. The van der Waals surface area contributed by atoms with E-state index in [4.69, 9.17) is 0 Å². The molecule has 0 unspecified atom stereocenters. The summed E-state index contributed by atoms with van der Waals surface area (Å²) in [6, 6.07) is 0. The van der Waals surface area contributed by atoms with Gasteiger partial charge in [0.15, 0.2) is 0 Å². The van der Waals surface area contributed by atoms with Crippen LogP contribution in [0.4, 0.5) is 0 Å². The maximum atomic E-state index is 11.3. The van der Waals surface area contributed by atoms with E-state index in [1.165, 1.54) is 0 Å². The molecule has 16 heavy (non-hydrogen) atoms. The van der Waals surface area contributed by atoms with Crippen LogP contribution in [0.5, 0.6) is 0 Å². The molecule has 0 saturated carbocycles. The number of aryl methyl sites for hydroxylation is 1.